The number of nitrogens with two attached hydrogens (primary N) is 1. The molecular formula is C19H25N3O. The Hall–Kier alpha value is -2.04. The van der Waals surface area contributed by atoms with Gasteiger partial charge >= 0.3 is 0 Å². The van der Waals surface area contributed by atoms with E-state index in [0.29, 0.717) is 12.6 Å². The number of hydrogen-bond acceptors (Lipinski definition) is 4. The first kappa shape index (κ1) is 15.8. The largest absolute Gasteiger partial charge is 0.497 e. The summed E-state index contributed by atoms with van der Waals surface area (Å²) in [5.74, 6) is 0.902. The first-order valence-corrected chi connectivity index (χ1v) is 8.20. The highest BCUT2D eigenvalue weighted by atomic mass is 16.5. The molecule has 1 aliphatic heterocycles. The van der Waals surface area contributed by atoms with Gasteiger partial charge in [0.1, 0.15) is 5.75 Å². The van der Waals surface area contributed by atoms with E-state index < -0.39 is 0 Å². The molecule has 0 radical (unpaired) electrons. The van der Waals surface area contributed by atoms with E-state index >= 15 is 0 Å². The highest BCUT2D eigenvalue weighted by molar-refractivity contribution is 5.49. The highest BCUT2D eigenvalue weighted by Crippen LogP contribution is 2.24. The van der Waals surface area contributed by atoms with Gasteiger partial charge in [-0.2, -0.15) is 0 Å². The maximum absolute atomic E-state index is 6.04. The minimum absolute atomic E-state index is 0.314. The second-order valence-corrected chi connectivity index (χ2v) is 5.88. The lowest BCUT2D eigenvalue weighted by Crippen LogP contribution is -2.49. The number of piperazine rings is 1. The Kier molecular flexibility index (Phi) is 5.16. The van der Waals surface area contributed by atoms with Gasteiger partial charge in [-0.15, -0.1) is 0 Å². The first-order chi connectivity index (χ1) is 11.3. The molecule has 0 spiro atoms. The van der Waals surface area contributed by atoms with Crippen molar-refractivity contribution < 1.29 is 4.74 Å². The zero-order chi connectivity index (χ0) is 16.1. The second kappa shape index (κ2) is 7.49. The van der Waals surface area contributed by atoms with Gasteiger partial charge in [0, 0.05) is 44.5 Å². The van der Waals surface area contributed by atoms with Crippen LogP contribution in [-0.2, 0) is 0 Å². The number of anilines is 1. The van der Waals surface area contributed by atoms with E-state index in [4.69, 9.17) is 10.5 Å². The predicted molar refractivity (Wildman–Crippen MR) is 95.0 cm³/mol. The molecular weight excluding hydrogens is 286 g/mol. The fraction of sp³-hybridized carbons (Fsp3) is 0.368. The summed E-state index contributed by atoms with van der Waals surface area (Å²) in [7, 11) is 1.70. The van der Waals surface area contributed by atoms with Crippen molar-refractivity contribution in [3.63, 3.8) is 0 Å². The molecule has 23 heavy (non-hydrogen) atoms. The molecule has 1 fully saturated rings. The molecule has 4 heteroatoms. The van der Waals surface area contributed by atoms with Crippen LogP contribution in [0.25, 0.3) is 0 Å². The quantitative estimate of drug-likeness (QED) is 0.921. The van der Waals surface area contributed by atoms with E-state index in [1.54, 1.807) is 7.11 Å². The summed E-state index contributed by atoms with van der Waals surface area (Å²) in [6.07, 6.45) is 0. The summed E-state index contributed by atoms with van der Waals surface area (Å²) in [4.78, 5) is 4.92. The fourth-order valence-electron chi connectivity index (χ4n) is 3.26. The van der Waals surface area contributed by atoms with Crippen molar-refractivity contribution in [1.82, 2.24) is 4.90 Å². The lowest BCUT2D eigenvalue weighted by atomic mass is 10.0. The maximum Gasteiger partial charge on any atom is 0.119 e. The minimum atomic E-state index is 0.314. The van der Waals surface area contributed by atoms with Gasteiger partial charge < -0.3 is 15.4 Å². The molecule has 122 valence electrons. The monoisotopic (exact) mass is 311 g/mol. The zero-order valence-electron chi connectivity index (χ0n) is 13.7. The highest BCUT2D eigenvalue weighted by Gasteiger charge is 2.24. The molecule has 1 saturated heterocycles. The third kappa shape index (κ3) is 3.66. The Labute approximate surface area is 138 Å². The lowest BCUT2D eigenvalue weighted by Gasteiger charge is -2.40. The van der Waals surface area contributed by atoms with Gasteiger partial charge in [0.15, 0.2) is 0 Å². The van der Waals surface area contributed by atoms with Crippen LogP contribution in [0.4, 0.5) is 5.69 Å². The summed E-state index contributed by atoms with van der Waals surface area (Å²) < 4.78 is 5.23. The van der Waals surface area contributed by atoms with Crippen LogP contribution in [0, 0.1) is 0 Å². The number of ether oxygens (including phenoxy) is 1. The Morgan fingerprint density at radius 1 is 0.957 bits per heavy atom. The first-order valence-electron chi connectivity index (χ1n) is 8.20. The normalized spacial score (nSPS) is 17.0. The van der Waals surface area contributed by atoms with Crippen molar-refractivity contribution in [2.45, 2.75) is 6.04 Å². The molecule has 1 aliphatic rings. The van der Waals surface area contributed by atoms with Crippen molar-refractivity contribution in [2.75, 3.05) is 44.7 Å². The molecule has 2 aromatic carbocycles. The molecule has 1 heterocycles. The van der Waals surface area contributed by atoms with Crippen LogP contribution in [0.3, 0.4) is 0 Å². The van der Waals surface area contributed by atoms with Crippen LogP contribution in [0.1, 0.15) is 11.6 Å². The molecule has 0 saturated carbocycles. The topological polar surface area (TPSA) is 41.7 Å². The van der Waals surface area contributed by atoms with Crippen LogP contribution in [0.2, 0.25) is 0 Å². The number of nitrogens with zero attached hydrogens (tertiary/aromatic N) is 2. The molecule has 2 N–H and O–H groups in total. The van der Waals surface area contributed by atoms with Crippen LogP contribution in [0.15, 0.2) is 54.6 Å². The van der Waals surface area contributed by atoms with Crippen molar-refractivity contribution in [3.05, 3.63) is 60.2 Å². The SMILES string of the molecule is COc1ccc(N2CCN(C(CN)c3ccccc3)CC2)cc1. The van der Waals surface area contributed by atoms with Gasteiger partial charge in [-0.05, 0) is 29.8 Å². The Bertz CT molecular complexity index is 592. The smallest absolute Gasteiger partial charge is 0.119 e. The van der Waals surface area contributed by atoms with E-state index in [1.165, 1.54) is 11.3 Å². The molecule has 0 bridgehead atoms. The van der Waals surface area contributed by atoms with Crippen LogP contribution in [0.5, 0.6) is 5.75 Å². The van der Waals surface area contributed by atoms with E-state index in [1.807, 2.05) is 12.1 Å². The number of benzene rings is 2. The summed E-state index contributed by atoms with van der Waals surface area (Å²) >= 11 is 0. The predicted octanol–water partition coefficient (Wildman–Crippen LogP) is 2.52. The van der Waals surface area contributed by atoms with Gasteiger partial charge in [0.05, 0.1) is 7.11 Å². The van der Waals surface area contributed by atoms with Gasteiger partial charge in [0.25, 0.3) is 0 Å². The fourth-order valence-corrected chi connectivity index (χ4v) is 3.26. The standard InChI is InChI=1S/C19H25N3O/c1-23-18-9-7-17(8-10-18)21-11-13-22(14-12-21)19(15-20)16-5-3-2-4-6-16/h2-10,19H,11-15,20H2,1H3. The van der Waals surface area contributed by atoms with Gasteiger partial charge in [-0.3, -0.25) is 4.90 Å². The van der Waals surface area contributed by atoms with Crippen molar-refractivity contribution in [3.8, 4) is 5.75 Å². The van der Waals surface area contributed by atoms with Crippen molar-refractivity contribution in [1.29, 1.82) is 0 Å². The maximum atomic E-state index is 6.04. The Balaban J connectivity index is 1.63. The van der Waals surface area contributed by atoms with Gasteiger partial charge in [-0.1, -0.05) is 30.3 Å². The number of hydrogen-bond donors (Lipinski definition) is 1. The zero-order valence-corrected chi connectivity index (χ0v) is 13.7. The third-order valence-corrected chi connectivity index (χ3v) is 4.60. The molecule has 1 unspecified atom stereocenters. The van der Waals surface area contributed by atoms with Crippen molar-refractivity contribution in [2.24, 2.45) is 5.73 Å². The molecule has 0 aromatic heterocycles. The molecule has 0 amide bonds. The summed E-state index contributed by atoms with van der Waals surface area (Å²) in [6, 6.07) is 19.2. The summed E-state index contributed by atoms with van der Waals surface area (Å²) in [5.41, 5.74) is 8.62. The third-order valence-electron chi connectivity index (χ3n) is 4.60. The molecule has 0 aliphatic carbocycles. The Morgan fingerprint density at radius 2 is 1.61 bits per heavy atom. The van der Waals surface area contributed by atoms with Crippen LogP contribution in [-0.4, -0.2) is 44.7 Å². The van der Waals surface area contributed by atoms with E-state index in [0.717, 1.165) is 31.9 Å². The second-order valence-electron chi connectivity index (χ2n) is 5.88. The number of methoxy groups -OCH3 is 1. The van der Waals surface area contributed by atoms with E-state index in [-0.39, 0.29) is 0 Å². The van der Waals surface area contributed by atoms with Crippen LogP contribution >= 0.6 is 0 Å². The minimum Gasteiger partial charge on any atom is -0.497 e. The molecule has 4 nitrogen and oxygen atoms in total. The van der Waals surface area contributed by atoms with E-state index in [2.05, 4.69) is 52.3 Å². The lowest BCUT2D eigenvalue weighted by molar-refractivity contribution is 0.190. The van der Waals surface area contributed by atoms with Gasteiger partial charge in [0.2, 0.25) is 0 Å². The van der Waals surface area contributed by atoms with E-state index in [9.17, 15) is 0 Å². The Morgan fingerprint density at radius 3 is 2.17 bits per heavy atom. The average molecular weight is 311 g/mol. The summed E-state index contributed by atoms with van der Waals surface area (Å²) in [6.45, 7) is 4.77. The molecule has 2 aromatic rings. The summed E-state index contributed by atoms with van der Waals surface area (Å²) in [5, 5.41) is 0. The number of rotatable bonds is 5. The van der Waals surface area contributed by atoms with Gasteiger partial charge in [-0.25, -0.2) is 0 Å². The van der Waals surface area contributed by atoms with Crippen molar-refractivity contribution >= 4 is 5.69 Å². The molecule has 3 rings (SSSR count). The average Bonchev–Trinajstić information content (AvgIpc) is 2.64. The molecule has 1 atom stereocenters. The van der Waals surface area contributed by atoms with Crippen LogP contribution < -0.4 is 15.4 Å².